The lowest BCUT2D eigenvalue weighted by molar-refractivity contribution is 1.45. The summed E-state index contributed by atoms with van der Waals surface area (Å²) in [6.07, 6.45) is 0. The first-order valence-electron chi connectivity index (χ1n) is 2.22. The van der Waals surface area contributed by atoms with Crippen LogP contribution in [0.2, 0.25) is 6.04 Å². The average molecular weight is 133 g/mol. The molecule has 0 nitrogen and oxygen atoms in total. The van der Waals surface area contributed by atoms with Crippen LogP contribution in [0.25, 0.3) is 0 Å². The van der Waals surface area contributed by atoms with E-state index in [9.17, 15) is 0 Å². The predicted molar refractivity (Wildman–Crippen MR) is 36.1 cm³/mol. The van der Waals surface area contributed by atoms with E-state index < -0.39 is 0 Å². The first-order valence-corrected chi connectivity index (χ1v) is 3.97. The van der Waals surface area contributed by atoms with Gasteiger partial charge in [0.25, 0.3) is 0 Å². The molecule has 0 aliphatic rings. The van der Waals surface area contributed by atoms with Crippen molar-refractivity contribution in [3.05, 3.63) is 11.8 Å². The van der Waals surface area contributed by atoms with Crippen molar-refractivity contribution in [3.63, 3.8) is 0 Å². The third-order valence-corrected chi connectivity index (χ3v) is 2.13. The van der Waals surface area contributed by atoms with Crippen LogP contribution in [0.1, 0.15) is 6.92 Å². The lowest BCUT2D eigenvalue weighted by Crippen LogP contribution is -1.89. The molecule has 0 aliphatic carbocycles. The molecule has 2 radical (unpaired) electrons. The molecule has 40 valence electrons. The van der Waals surface area contributed by atoms with Gasteiger partial charge in [-0.05, 0) is 13.0 Å². The topological polar surface area (TPSA) is 0 Å². The van der Waals surface area contributed by atoms with E-state index in [1.54, 1.807) is 0 Å². The Bertz CT molecular complexity index is 61.1. The van der Waals surface area contributed by atoms with E-state index in [0.29, 0.717) is 0 Å². The van der Waals surface area contributed by atoms with Gasteiger partial charge in [0.1, 0.15) is 0 Å². The third-order valence-electron chi connectivity index (χ3n) is 0.521. The summed E-state index contributed by atoms with van der Waals surface area (Å²) in [5.74, 6) is 0.769. The number of hydrogen-bond acceptors (Lipinski definition) is 0. The highest BCUT2D eigenvalue weighted by atomic mass is 35.5. The van der Waals surface area contributed by atoms with E-state index in [0.717, 1.165) is 21.4 Å². The second-order valence-electron chi connectivity index (χ2n) is 1.40. The number of alkyl halides is 1. The second-order valence-corrected chi connectivity index (χ2v) is 3.48. The van der Waals surface area contributed by atoms with Gasteiger partial charge in [0.2, 0.25) is 0 Å². The Morgan fingerprint density at radius 3 is 2.57 bits per heavy atom. The van der Waals surface area contributed by atoms with Crippen LogP contribution in [0.5, 0.6) is 0 Å². The third kappa shape index (κ3) is 6.25. The first-order chi connectivity index (χ1) is 3.27. The Morgan fingerprint density at radius 2 is 2.43 bits per heavy atom. The van der Waals surface area contributed by atoms with Crippen LogP contribution in [0, 0.1) is 0 Å². The maximum atomic E-state index is 5.41. The summed E-state index contributed by atoms with van der Waals surface area (Å²) < 4.78 is 0. The van der Waals surface area contributed by atoms with Crippen LogP contribution in [0.4, 0.5) is 0 Å². The molecule has 0 aromatic rings. The molecule has 0 aromatic heterocycles. The van der Waals surface area contributed by atoms with Crippen LogP contribution in [0.3, 0.4) is 0 Å². The molecule has 0 amide bonds. The Kier molecular flexibility index (Phi) is 4.56. The molecule has 0 aromatic carbocycles. The number of halogens is 1. The molecule has 0 atom stereocenters. The maximum absolute atomic E-state index is 5.41. The second kappa shape index (κ2) is 4.41. The minimum absolute atomic E-state index is 0.769. The molecule has 0 heterocycles. The fraction of sp³-hybridized carbons (Fsp3) is 0.600. The van der Waals surface area contributed by atoms with Crippen LogP contribution < -0.4 is 0 Å². The molecule has 0 saturated heterocycles. The molecule has 0 unspecified atom stereocenters. The van der Waals surface area contributed by atoms with Crippen molar-refractivity contribution >= 4 is 21.1 Å². The standard InChI is InChI=1S/C5H9ClSi/c1-5(2)7-4-3-6/h1,3-4H2,2H3. The summed E-state index contributed by atoms with van der Waals surface area (Å²) >= 11 is 5.41. The summed E-state index contributed by atoms with van der Waals surface area (Å²) in [7, 11) is 0.862. The normalized spacial score (nSPS) is 8.86. The molecular weight excluding hydrogens is 124 g/mol. The largest absolute Gasteiger partial charge is 0.127 e. The zero-order valence-electron chi connectivity index (χ0n) is 4.50. The van der Waals surface area contributed by atoms with Gasteiger partial charge in [0.05, 0.1) is 9.52 Å². The number of hydrogen-bond donors (Lipinski definition) is 0. The molecule has 0 saturated carbocycles. The van der Waals surface area contributed by atoms with Crippen molar-refractivity contribution in [2.24, 2.45) is 0 Å². The van der Waals surface area contributed by atoms with E-state index in [2.05, 4.69) is 6.58 Å². The maximum Gasteiger partial charge on any atom is 0.0750 e. The lowest BCUT2D eigenvalue weighted by atomic mass is 10.8. The summed E-state index contributed by atoms with van der Waals surface area (Å²) in [6, 6.07) is 1.09. The van der Waals surface area contributed by atoms with Crippen molar-refractivity contribution in [1.82, 2.24) is 0 Å². The smallest absolute Gasteiger partial charge is 0.0750 e. The van der Waals surface area contributed by atoms with E-state index in [-0.39, 0.29) is 0 Å². The fourth-order valence-corrected chi connectivity index (χ4v) is 1.07. The van der Waals surface area contributed by atoms with Crippen LogP contribution in [-0.4, -0.2) is 15.4 Å². The van der Waals surface area contributed by atoms with E-state index in [1.807, 2.05) is 6.92 Å². The van der Waals surface area contributed by atoms with Crippen molar-refractivity contribution in [2.45, 2.75) is 13.0 Å². The summed E-state index contributed by atoms with van der Waals surface area (Å²) in [5.41, 5.74) is 0. The highest BCUT2D eigenvalue weighted by Gasteiger charge is 1.84. The van der Waals surface area contributed by atoms with Gasteiger partial charge in [0, 0.05) is 5.88 Å². The molecule has 0 fully saturated rings. The zero-order chi connectivity index (χ0) is 5.70. The van der Waals surface area contributed by atoms with Crippen molar-refractivity contribution in [1.29, 1.82) is 0 Å². The highest BCUT2D eigenvalue weighted by Crippen LogP contribution is 1.89. The van der Waals surface area contributed by atoms with Crippen molar-refractivity contribution < 1.29 is 0 Å². The minimum Gasteiger partial charge on any atom is -0.127 e. The van der Waals surface area contributed by atoms with Gasteiger partial charge in [-0.15, -0.1) is 18.2 Å². The van der Waals surface area contributed by atoms with Gasteiger partial charge in [-0.1, -0.05) is 5.20 Å². The lowest BCUT2D eigenvalue weighted by Gasteiger charge is -1.88. The Morgan fingerprint density at radius 1 is 1.86 bits per heavy atom. The van der Waals surface area contributed by atoms with E-state index in [1.165, 1.54) is 5.20 Å². The van der Waals surface area contributed by atoms with Gasteiger partial charge in [-0.25, -0.2) is 0 Å². The van der Waals surface area contributed by atoms with Gasteiger partial charge in [-0.3, -0.25) is 0 Å². The Hall–Kier alpha value is 0.247. The Balaban J connectivity index is 2.82. The quantitative estimate of drug-likeness (QED) is 0.407. The first kappa shape index (κ1) is 7.25. The van der Waals surface area contributed by atoms with Crippen LogP contribution in [0.15, 0.2) is 11.8 Å². The monoisotopic (exact) mass is 132 g/mol. The Labute approximate surface area is 52.4 Å². The minimum atomic E-state index is 0.769. The highest BCUT2D eigenvalue weighted by molar-refractivity contribution is 6.46. The molecule has 0 rings (SSSR count). The molecule has 0 bridgehead atoms. The zero-order valence-corrected chi connectivity index (χ0v) is 6.26. The summed E-state index contributed by atoms with van der Waals surface area (Å²) in [6.45, 7) is 5.78. The molecule has 0 N–H and O–H groups in total. The summed E-state index contributed by atoms with van der Waals surface area (Å²) in [5, 5.41) is 1.25. The molecule has 0 spiro atoms. The SMILES string of the molecule is C=C(C)[Si]CCCl. The van der Waals surface area contributed by atoms with E-state index >= 15 is 0 Å². The van der Waals surface area contributed by atoms with Gasteiger partial charge in [-0.2, -0.15) is 0 Å². The number of allylic oxidation sites excluding steroid dienone is 1. The molecule has 0 aliphatic heterocycles. The van der Waals surface area contributed by atoms with Crippen LogP contribution in [-0.2, 0) is 0 Å². The van der Waals surface area contributed by atoms with Gasteiger partial charge >= 0.3 is 0 Å². The average Bonchev–Trinajstić information content (AvgIpc) is 1.61. The summed E-state index contributed by atoms with van der Waals surface area (Å²) in [4.78, 5) is 0. The molecule has 7 heavy (non-hydrogen) atoms. The molecule has 2 heteroatoms. The predicted octanol–water partition coefficient (Wildman–Crippen LogP) is 1.88. The van der Waals surface area contributed by atoms with Gasteiger partial charge < -0.3 is 0 Å². The number of rotatable bonds is 3. The molecular formula is C5H9ClSi. The van der Waals surface area contributed by atoms with Crippen LogP contribution >= 0.6 is 11.6 Å². The van der Waals surface area contributed by atoms with E-state index in [4.69, 9.17) is 11.6 Å². The fourth-order valence-electron chi connectivity index (χ4n) is 0.261. The van der Waals surface area contributed by atoms with Gasteiger partial charge in [0.15, 0.2) is 0 Å². The van der Waals surface area contributed by atoms with Crippen molar-refractivity contribution in [3.8, 4) is 0 Å². The van der Waals surface area contributed by atoms with Crippen molar-refractivity contribution in [2.75, 3.05) is 5.88 Å².